The molecule has 30 heavy (non-hydrogen) atoms. The van der Waals surface area contributed by atoms with E-state index in [0.29, 0.717) is 17.1 Å². The number of fused-ring (bicyclic) bond motifs is 1. The summed E-state index contributed by atoms with van der Waals surface area (Å²) in [6, 6.07) is 28.2. The second kappa shape index (κ2) is 7.29. The number of rotatable bonds is 3. The van der Waals surface area contributed by atoms with Gasteiger partial charge in [-0.2, -0.15) is 4.57 Å². The molecule has 5 aromatic rings. The molecule has 144 valence electrons. The molecule has 3 aromatic carbocycles. The van der Waals surface area contributed by atoms with E-state index in [4.69, 9.17) is 0 Å². The Balaban J connectivity index is 1.82. The molecule has 2 aromatic heterocycles. The average molecular weight is 391 g/mol. The van der Waals surface area contributed by atoms with Crippen LogP contribution in [0.25, 0.3) is 33.5 Å². The zero-order valence-electron chi connectivity index (χ0n) is 16.0. The van der Waals surface area contributed by atoms with E-state index in [1.165, 1.54) is 4.57 Å². The van der Waals surface area contributed by atoms with Gasteiger partial charge in [0.25, 0.3) is 5.69 Å². The first kappa shape index (κ1) is 17.8. The second-order valence-electron chi connectivity index (χ2n) is 6.91. The van der Waals surface area contributed by atoms with Crippen molar-refractivity contribution < 1.29 is 9.67 Å². The third-order valence-electron chi connectivity index (χ3n) is 5.02. The summed E-state index contributed by atoms with van der Waals surface area (Å²) in [6.07, 6.45) is 3.51. The SMILES string of the molecule is O=c1c(-[n+]2ccc3ccccc3c2)c([O-])nc(-c2ccccc2)n1-c1ccccc1. The average Bonchev–Trinajstić information content (AvgIpc) is 2.80. The fourth-order valence-corrected chi connectivity index (χ4v) is 3.58. The van der Waals surface area contributed by atoms with Crippen LogP contribution >= 0.6 is 0 Å². The molecule has 5 heteroatoms. The van der Waals surface area contributed by atoms with Crippen LogP contribution in [0.3, 0.4) is 0 Å². The third-order valence-corrected chi connectivity index (χ3v) is 5.02. The number of benzene rings is 3. The normalized spacial score (nSPS) is 10.9. The van der Waals surface area contributed by atoms with E-state index in [2.05, 4.69) is 4.98 Å². The molecular formula is C25H17N3O2. The standard InChI is InChI=1S/C25H17N3O2/c29-24-22(27-16-15-18-9-7-8-12-20(18)17-27)25(30)28(21-13-5-2-6-14-21)23(26-24)19-10-3-1-4-11-19/h1-17H. The van der Waals surface area contributed by atoms with Crippen LogP contribution in [0.5, 0.6) is 5.88 Å². The summed E-state index contributed by atoms with van der Waals surface area (Å²) in [5, 5.41) is 15.0. The summed E-state index contributed by atoms with van der Waals surface area (Å²) < 4.78 is 3.06. The Labute approximate surface area is 172 Å². The lowest BCUT2D eigenvalue weighted by Crippen LogP contribution is -2.41. The molecule has 0 saturated carbocycles. The second-order valence-corrected chi connectivity index (χ2v) is 6.91. The van der Waals surface area contributed by atoms with Crippen LogP contribution in [0.2, 0.25) is 0 Å². The minimum Gasteiger partial charge on any atom is -0.854 e. The first-order valence-corrected chi connectivity index (χ1v) is 9.58. The molecular weight excluding hydrogens is 374 g/mol. The molecule has 0 aliphatic carbocycles. The van der Waals surface area contributed by atoms with Crippen LogP contribution in [0.1, 0.15) is 0 Å². The van der Waals surface area contributed by atoms with E-state index >= 15 is 0 Å². The van der Waals surface area contributed by atoms with Crippen molar-refractivity contribution in [3.8, 4) is 28.6 Å². The molecule has 0 N–H and O–H groups in total. The Morgan fingerprint density at radius 2 is 1.40 bits per heavy atom. The van der Waals surface area contributed by atoms with Gasteiger partial charge in [0.05, 0.1) is 11.6 Å². The lowest BCUT2D eigenvalue weighted by molar-refractivity contribution is -0.600. The number of para-hydroxylation sites is 1. The van der Waals surface area contributed by atoms with Crippen LogP contribution in [0.4, 0.5) is 0 Å². The minimum absolute atomic E-state index is 0.00992. The van der Waals surface area contributed by atoms with Gasteiger partial charge in [-0.1, -0.05) is 66.7 Å². The van der Waals surface area contributed by atoms with E-state index in [-0.39, 0.29) is 5.69 Å². The van der Waals surface area contributed by atoms with Crippen molar-refractivity contribution in [3.63, 3.8) is 0 Å². The van der Waals surface area contributed by atoms with Gasteiger partial charge in [-0.25, -0.2) is 4.98 Å². The Morgan fingerprint density at radius 3 is 2.13 bits per heavy atom. The van der Waals surface area contributed by atoms with Gasteiger partial charge in [-0.15, -0.1) is 0 Å². The maximum atomic E-state index is 13.6. The van der Waals surface area contributed by atoms with Crippen LogP contribution in [-0.4, -0.2) is 9.55 Å². The fraction of sp³-hybridized carbons (Fsp3) is 0. The molecule has 0 aliphatic rings. The van der Waals surface area contributed by atoms with Crippen molar-refractivity contribution in [2.24, 2.45) is 0 Å². The molecule has 0 fully saturated rings. The molecule has 0 radical (unpaired) electrons. The number of aromatic nitrogens is 3. The van der Waals surface area contributed by atoms with Crippen molar-refractivity contribution in [2.75, 3.05) is 0 Å². The van der Waals surface area contributed by atoms with Gasteiger partial charge in [0.1, 0.15) is 5.82 Å². The summed E-state index contributed by atoms with van der Waals surface area (Å²) in [4.78, 5) is 17.9. The zero-order valence-corrected chi connectivity index (χ0v) is 16.0. The quantitative estimate of drug-likeness (QED) is 0.443. The molecule has 0 unspecified atom stereocenters. The Morgan fingerprint density at radius 1 is 0.767 bits per heavy atom. The topological polar surface area (TPSA) is 61.8 Å². The Hall–Kier alpha value is -4.25. The fourth-order valence-electron chi connectivity index (χ4n) is 3.58. The Kier molecular flexibility index (Phi) is 4.33. The highest BCUT2D eigenvalue weighted by atomic mass is 16.3. The minimum atomic E-state index is -0.564. The number of pyridine rings is 1. The summed E-state index contributed by atoms with van der Waals surface area (Å²) in [7, 11) is 0. The van der Waals surface area contributed by atoms with E-state index in [9.17, 15) is 9.90 Å². The van der Waals surface area contributed by atoms with Crippen LogP contribution in [0, 0.1) is 0 Å². The highest BCUT2D eigenvalue weighted by Crippen LogP contribution is 2.22. The summed E-state index contributed by atoms with van der Waals surface area (Å²) in [5.74, 6) is -0.242. The summed E-state index contributed by atoms with van der Waals surface area (Å²) in [6.45, 7) is 0. The van der Waals surface area contributed by atoms with Crippen molar-refractivity contribution in [1.82, 2.24) is 9.55 Å². The van der Waals surface area contributed by atoms with Gasteiger partial charge in [0.15, 0.2) is 12.4 Å². The van der Waals surface area contributed by atoms with E-state index in [1.807, 2.05) is 91.0 Å². The highest BCUT2D eigenvalue weighted by Gasteiger charge is 2.21. The largest absolute Gasteiger partial charge is 0.854 e. The zero-order chi connectivity index (χ0) is 20.5. The van der Waals surface area contributed by atoms with Gasteiger partial charge < -0.3 is 5.11 Å². The lowest BCUT2D eigenvalue weighted by Gasteiger charge is -2.16. The molecule has 5 nitrogen and oxygen atoms in total. The van der Waals surface area contributed by atoms with Crippen molar-refractivity contribution in [3.05, 3.63) is 114 Å². The first-order chi connectivity index (χ1) is 14.7. The van der Waals surface area contributed by atoms with Crippen LogP contribution in [-0.2, 0) is 0 Å². The van der Waals surface area contributed by atoms with Crippen LogP contribution < -0.4 is 15.2 Å². The summed E-state index contributed by atoms with van der Waals surface area (Å²) >= 11 is 0. The maximum Gasteiger partial charge on any atom is 0.330 e. The van der Waals surface area contributed by atoms with Gasteiger partial charge in [-0.3, -0.25) is 9.36 Å². The third kappa shape index (κ3) is 3.02. The number of hydrogen-bond acceptors (Lipinski definition) is 3. The first-order valence-electron chi connectivity index (χ1n) is 9.58. The van der Waals surface area contributed by atoms with Gasteiger partial charge in [0.2, 0.25) is 0 Å². The molecule has 0 spiro atoms. The highest BCUT2D eigenvalue weighted by molar-refractivity contribution is 5.80. The smallest absolute Gasteiger partial charge is 0.330 e. The monoisotopic (exact) mass is 391 g/mol. The van der Waals surface area contributed by atoms with E-state index in [0.717, 1.165) is 10.8 Å². The van der Waals surface area contributed by atoms with Crippen molar-refractivity contribution in [2.45, 2.75) is 0 Å². The van der Waals surface area contributed by atoms with E-state index < -0.39 is 11.4 Å². The van der Waals surface area contributed by atoms with Crippen LogP contribution in [0.15, 0.2) is 108 Å². The van der Waals surface area contributed by atoms with Gasteiger partial charge in [-0.05, 0) is 23.6 Å². The molecule has 2 heterocycles. The molecule has 0 bridgehead atoms. The van der Waals surface area contributed by atoms with Gasteiger partial charge in [0, 0.05) is 17.0 Å². The number of hydrogen-bond donors (Lipinski definition) is 0. The van der Waals surface area contributed by atoms with Gasteiger partial charge >= 0.3 is 5.56 Å². The van der Waals surface area contributed by atoms with Crippen molar-refractivity contribution >= 4 is 10.8 Å². The van der Waals surface area contributed by atoms with Crippen molar-refractivity contribution in [1.29, 1.82) is 0 Å². The van der Waals surface area contributed by atoms with E-state index in [1.54, 1.807) is 17.0 Å². The predicted octanol–water partition coefficient (Wildman–Crippen LogP) is 3.40. The molecule has 0 saturated heterocycles. The molecule has 5 rings (SSSR count). The molecule has 0 aliphatic heterocycles. The maximum absolute atomic E-state index is 13.6. The Bertz CT molecular complexity index is 1410. The number of nitrogens with zero attached hydrogens (tertiary/aromatic N) is 3. The predicted molar refractivity (Wildman–Crippen MR) is 114 cm³/mol. The molecule has 0 amide bonds. The molecule has 0 atom stereocenters. The lowest BCUT2D eigenvalue weighted by atomic mass is 10.2. The summed E-state index contributed by atoms with van der Waals surface area (Å²) in [5.41, 5.74) is 0.923.